The molecule has 0 spiro atoms. The average molecular weight is 341 g/mol. The summed E-state index contributed by atoms with van der Waals surface area (Å²) < 4.78 is 40.0. The van der Waals surface area contributed by atoms with Crippen molar-refractivity contribution in [2.75, 3.05) is 45.8 Å². The molecule has 7 heteroatoms. The molecular formula is C16H24FN3O2S. The SMILES string of the molecule is CCN1CCN(C2CN(S(=O)(=O)c3ccc(F)cc3C)C2)CC1. The molecular weight excluding hydrogens is 317 g/mol. The molecule has 0 bridgehead atoms. The second kappa shape index (κ2) is 6.47. The molecule has 2 saturated heterocycles. The van der Waals surface area contributed by atoms with Gasteiger partial charge in [0.2, 0.25) is 10.0 Å². The Bertz CT molecular complexity index is 666. The van der Waals surface area contributed by atoms with Gasteiger partial charge in [0.15, 0.2) is 0 Å². The number of aryl methyl sites for hydroxylation is 1. The third-order valence-electron chi connectivity index (χ3n) is 4.95. The van der Waals surface area contributed by atoms with Crippen LogP contribution >= 0.6 is 0 Å². The van der Waals surface area contributed by atoms with E-state index in [1.807, 2.05) is 0 Å². The lowest BCUT2D eigenvalue weighted by atomic mass is 10.1. The quantitative estimate of drug-likeness (QED) is 0.824. The van der Waals surface area contributed by atoms with Gasteiger partial charge >= 0.3 is 0 Å². The van der Waals surface area contributed by atoms with Crippen molar-refractivity contribution in [3.05, 3.63) is 29.6 Å². The molecule has 0 atom stereocenters. The van der Waals surface area contributed by atoms with Crippen molar-refractivity contribution in [1.82, 2.24) is 14.1 Å². The summed E-state index contributed by atoms with van der Waals surface area (Å²) in [6.45, 7) is 10.0. The van der Waals surface area contributed by atoms with Crippen molar-refractivity contribution in [1.29, 1.82) is 0 Å². The molecule has 2 fully saturated rings. The molecule has 2 aliphatic heterocycles. The fraction of sp³-hybridized carbons (Fsp3) is 0.625. The molecule has 0 unspecified atom stereocenters. The van der Waals surface area contributed by atoms with Crippen LogP contribution in [0.3, 0.4) is 0 Å². The number of piperazine rings is 1. The number of hydrogen-bond acceptors (Lipinski definition) is 4. The van der Waals surface area contributed by atoms with E-state index < -0.39 is 15.8 Å². The Kier molecular flexibility index (Phi) is 4.73. The highest BCUT2D eigenvalue weighted by atomic mass is 32.2. The number of sulfonamides is 1. The van der Waals surface area contributed by atoms with E-state index in [-0.39, 0.29) is 4.90 Å². The first-order chi connectivity index (χ1) is 10.9. The van der Waals surface area contributed by atoms with Crippen LogP contribution in [0.1, 0.15) is 12.5 Å². The number of benzene rings is 1. The number of rotatable bonds is 4. The minimum atomic E-state index is -3.51. The van der Waals surface area contributed by atoms with Crippen LogP contribution in [0, 0.1) is 12.7 Å². The van der Waals surface area contributed by atoms with Crippen LogP contribution in [0.2, 0.25) is 0 Å². The van der Waals surface area contributed by atoms with Gasteiger partial charge < -0.3 is 4.90 Å². The van der Waals surface area contributed by atoms with Crippen LogP contribution in [0.15, 0.2) is 23.1 Å². The molecule has 128 valence electrons. The molecule has 1 aromatic rings. The minimum Gasteiger partial charge on any atom is -0.301 e. The highest BCUT2D eigenvalue weighted by Crippen LogP contribution is 2.27. The van der Waals surface area contributed by atoms with Gasteiger partial charge in [-0.2, -0.15) is 4.31 Å². The van der Waals surface area contributed by atoms with Gasteiger partial charge in [0, 0.05) is 45.3 Å². The fourth-order valence-corrected chi connectivity index (χ4v) is 5.05. The topological polar surface area (TPSA) is 43.9 Å². The van der Waals surface area contributed by atoms with Gasteiger partial charge in [-0.25, -0.2) is 12.8 Å². The van der Waals surface area contributed by atoms with Crippen molar-refractivity contribution >= 4 is 10.0 Å². The van der Waals surface area contributed by atoms with E-state index in [1.165, 1.54) is 22.5 Å². The maximum absolute atomic E-state index is 13.2. The van der Waals surface area contributed by atoms with Gasteiger partial charge in [-0.1, -0.05) is 6.92 Å². The van der Waals surface area contributed by atoms with E-state index >= 15 is 0 Å². The second-order valence-electron chi connectivity index (χ2n) is 6.36. The zero-order valence-electron chi connectivity index (χ0n) is 13.7. The highest BCUT2D eigenvalue weighted by Gasteiger charge is 2.40. The summed E-state index contributed by atoms with van der Waals surface area (Å²) >= 11 is 0. The molecule has 0 N–H and O–H groups in total. The molecule has 0 amide bonds. The monoisotopic (exact) mass is 341 g/mol. The number of halogens is 1. The molecule has 3 rings (SSSR count). The molecule has 1 aromatic carbocycles. The molecule has 2 heterocycles. The molecule has 0 radical (unpaired) electrons. The van der Waals surface area contributed by atoms with Crippen LogP contribution in [0.4, 0.5) is 4.39 Å². The first-order valence-electron chi connectivity index (χ1n) is 8.14. The van der Waals surface area contributed by atoms with Crippen molar-refractivity contribution < 1.29 is 12.8 Å². The Morgan fingerprint density at radius 1 is 1.17 bits per heavy atom. The fourth-order valence-electron chi connectivity index (χ4n) is 3.33. The average Bonchev–Trinajstić information content (AvgIpc) is 2.45. The van der Waals surface area contributed by atoms with Gasteiger partial charge in [-0.3, -0.25) is 4.90 Å². The Labute approximate surface area is 137 Å². The molecule has 5 nitrogen and oxygen atoms in total. The summed E-state index contributed by atoms with van der Waals surface area (Å²) in [5.41, 5.74) is 0.463. The predicted molar refractivity (Wildman–Crippen MR) is 87.4 cm³/mol. The van der Waals surface area contributed by atoms with Gasteiger partial charge in [-0.15, -0.1) is 0 Å². The van der Waals surface area contributed by atoms with Gasteiger partial charge in [0.1, 0.15) is 5.82 Å². The van der Waals surface area contributed by atoms with Crippen molar-refractivity contribution in [3.8, 4) is 0 Å². The number of likely N-dealkylation sites (N-methyl/N-ethyl adjacent to an activating group) is 1. The van der Waals surface area contributed by atoms with E-state index in [4.69, 9.17) is 0 Å². The molecule has 0 aliphatic carbocycles. The van der Waals surface area contributed by atoms with E-state index in [1.54, 1.807) is 6.92 Å². The Morgan fingerprint density at radius 3 is 2.39 bits per heavy atom. The third-order valence-corrected chi connectivity index (χ3v) is 6.95. The van der Waals surface area contributed by atoms with Crippen LogP contribution in [0.5, 0.6) is 0 Å². The maximum atomic E-state index is 13.2. The first kappa shape index (κ1) is 16.8. The summed E-state index contributed by atoms with van der Waals surface area (Å²) in [5.74, 6) is -0.406. The lowest BCUT2D eigenvalue weighted by Crippen LogP contribution is -2.64. The smallest absolute Gasteiger partial charge is 0.243 e. The zero-order chi connectivity index (χ0) is 16.6. The lowest BCUT2D eigenvalue weighted by molar-refractivity contribution is 0.0425. The van der Waals surface area contributed by atoms with Crippen molar-refractivity contribution in [2.45, 2.75) is 24.8 Å². The molecule has 0 saturated carbocycles. The van der Waals surface area contributed by atoms with Gasteiger partial charge in [0.05, 0.1) is 4.90 Å². The molecule has 0 aromatic heterocycles. The summed E-state index contributed by atoms with van der Waals surface area (Å²) in [6, 6.07) is 4.16. The molecule has 2 aliphatic rings. The van der Waals surface area contributed by atoms with Gasteiger partial charge in [-0.05, 0) is 37.2 Å². The van der Waals surface area contributed by atoms with Crippen LogP contribution in [-0.2, 0) is 10.0 Å². The predicted octanol–water partition coefficient (Wildman–Crippen LogP) is 1.14. The Balaban J connectivity index is 1.62. The zero-order valence-corrected chi connectivity index (χ0v) is 14.5. The first-order valence-corrected chi connectivity index (χ1v) is 9.58. The lowest BCUT2D eigenvalue weighted by Gasteiger charge is -2.47. The third kappa shape index (κ3) is 3.28. The second-order valence-corrected chi connectivity index (χ2v) is 8.26. The number of nitrogens with zero attached hydrogens (tertiary/aromatic N) is 3. The van der Waals surface area contributed by atoms with Crippen molar-refractivity contribution in [3.63, 3.8) is 0 Å². The Morgan fingerprint density at radius 2 is 1.83 bits per heavy atom. The van der Waals surface area contributed by atoms with E-state index in [9.17, 15) is 12.8 Å². The van der Waals surface area contributed by atoms with E-state index in [0.717, 1.165) is 32.7 Å². The van der Waals surface area contributed by atoms with Crippen LogP contribution < -0.4 is 0 Å². The van der Waals surface area contributed by atoms with E-state index in [0.29, 0.717) is 24.7 Å². The maximum Gasteiger partial charge on any atom is 0.243 e. The van der Waals surface area contributed by atoms with Crippen molar-refractivity contribution in [2.24, 2.45) is 0 Å². The summed E-state index contributed by atoms with van der Waals surface area (Å²) in [7, 11) is -3.51. The summed E-state index contributed by atoms with van der Waals surface area (Å²) in [4.78, 5) is 5.01. The van der Waals surface area contributed by atoms with Crippen LogP contribution in [-0.4, -0.2) is 74.4 Å². The largest absolute Gasteiger partial charge is 0.301 e. The summed E-state index contributed by atoms with van der Waals surface area (Å²) in [5, 5.41) is 0. The van der Waals surface area contributed by atoms with E-state index in [2.05, 4.69) is 16.7 Å². The van der Waals surface area contributed by atoms with Gasteiger partial charge in [0.25, 0.3) is 0 Å². The summed E-state index contributed by atoms with van der Waals surface area (Å²) in [6.07, 6.45) is 0. The highest BCUT2D eigenvalue weighted by molar-refractivity contribution is 7.89. The Hall–Kier alpha value is -1.02. The number of hydrogen-bond donors (Lipinski definition) is 0. The molecule has 23 heavy (non-hydrogen) atoms. The minimum absolute atomic E-state index is 0.216. The normalized spacial score (nSPS) is 22.2. The van der Waals surface area contributed by atoms with Crippen LogP contribution in [0.25, 0.3) is 0 Å². The standard InChI is InChI=1S/C16H24FN3O2S/c1-3-18-6-8-19(9-7-18)15-11-20(12-15)23(21,22)16-5-4-14(17)10-13(16)2/h4-5,10,15H,3,6-9,11-12H2,1-2H3.